The van der Waals surface area contributed by atoms with Crippen molar-refractivity contribution in [3.05, 3.63) is 58.2 Å². The van der Waals surface area contributed by atoms with E-state index in [0.29, 0.717) is 0 Å². The Hall–Kier alpha value is -2.09. The predicted molar refractivity (Wildman–Crippen MR) is 110 cm³/mol. The van der Waals surface area contributed by atoms with Crippen molar-refractivity contribution in [2.24, 2.45) is 0 Å². The molecule has 0 atom stereocenters. The Morgan fingerprint density at radius 3 is 2.81 bits per heavy atom. The molecule has 0 aliphatic carbocycles. The molecule has 27 heavy (non-hydrogen) atoms. The van der Waals surface area contributed by atoms with Gasteiger partial charge in [-0.25, -0.2) is 4.98 Å². The van der Waals surface area contributed by atoms with Gasteiger partial charge >= 0.3 is 0 Å². The van der Waals surface area contributed by atoms with Crippen LogP contribution < -0.4 is 5.32 Å². The van der Waals surface area contributed by atoms with Crippen LogP contribution in [0.2, 0.25) is 0 Å². The molecule has 5 nitrogen and oxygen atoms in total. The average Bonchev–Trinajstić information content (AvgIpc) is 3.34. The number of hydrogen-bond donors (Lipinski definition) is 1. The average molecular weight is 399 g/mol. The van der Waals surface area contributed by atoms with E-state index in [0.717, 1.165) is 58.6 Å². The molecule has 0 bridgehead atoms. The van der Waals surface area contributed by atoms with Crippen LogP contribution in [0.15, 0.2) is 41.9 Å². The largest absolute Gasteiger partial charge is 0.348 e. The molecule has 1 amide bonds. The molecule has 7 heteroatoms. The van der Waals surface area contributed by atoms with E-state index in [1.807, 2.05) is 42.8 Å². The van der Waals surface area contributed by atoms with Crippen molar-refractivity contribution < 1.29 is 4.79 Å². The molecule has 4 rings (SSSR count). The molecule has 140 valence electrons. The van der Waals surface area contributed by atoms with E-state index in [4.69, 9.17) is 0 Å². The summed E-state index contributed by atoms with van der Waals surface area (Å²) in [6.07, 6.45) is 3.77. The summed E-state index contributed by atoms with van der Waals surface area (Å²) >= 11 is 3.14. The molecular formula is C20H22N4OS2. The fraction of sp³-hybridized carbons (Fsp3) is 0.350. The number of hydrogen-bond acceptors (Lipinski definition) is 6. The molecule has 3 aromatic rings. The Bertz CT molecular complexity index is 884. The van der Waals surface area contributed by atoms with E-state index in [1.54, 1.807) is 11.3 Å². The standard InChI is InChI=1S/C20H22N4OS2/c1-14-18(27-20(22-14)17-6-4-12-26-17)19(25)23-15-7-10-24(11-8-15)13-16-5-2-3-9-21-16/h2-6,9,12,15H,7-8,10-11,13H2,1H3,(H,23,25). The lowest BCUT2D eigenvalue weighted by Gasteiger charge is -2.32. The summed E-state index contributed by atoms with van der Waals surface area (Å²) in [5, 5.41) is 6.17. The number of carbonyl (C=O) groups excluding carboxylic acids is 1. The quantitative estimate of drug-likeness (QED) is 0.706. The predicted octanol–water partition coefficient (Wildman–Crippen LogP) is 3.97. The van der Waals surface area contributed by atoms with Gasteiger partial charge < -0.3 is 5.32 Å². The van der Waals surface area contributed by atoms with Crippen LogP contribution in [0.5, 0.6) is 0 Å². The Labute approximate surface area is 167 Å². The van der Waals surface area contributed by atoms with Crippen molar-refractivity contribution >= 4 is 28.6 Å². The molecule has 1 aliphatic heterocycles. The summed E-state index contributed by atoms with van der Waals surface area (Å²) in [4.78, 5) is 26.0. The lowest BCUT2D eigenvalue weighted by Crippen LogP contribution is -2.44. The first kappa shape index (κ1) is 18.3. The summed E-state index contributed by atoms with van der Waals surface area (Å²) in [5.74, 6) is 0.0102. The van der Waals surface area contributed by atoms with E-state index < -0.39 is 0 Å². The zero-order chi connectivity index (χ0) is 18.6. The van der Waals surface area contributed by atoms with Gasteiger partial charge in [-0.3, -0.25) is 14.7 Å². The van der Waals surface area contributed by atoms with Gasteiger partial charge in [0.1, 0.15) is 9.88 Å². The minimum atomic E-state index is 0.0102. The summed E-state index contributed by atoms with van der Waals surface area (Å²) in [7, 11) is 0. The number of rotatable bonds is 5. The second-order valence-electron chi connectivity index (χ2n) is 6.76. The van der Waals surface area contributed by atoms with Crippen LogP contribution >= 0.6 is 22.7 Å². The van der Waals surface area contributed by atoms with Gasteiger partial charge in [0.05, 0.1) is 16.3 Å². The van der Waals surface area contributed by atoms with Crippen molar-refractivity contribution in [2.45, 2.75) is 32.4 Å². The van der Waals surface area contributed by atoms with Gasteiger partial charge in [-0.05, 0) is 43.3 Å². The zero-order valence-electron chi connectivity index (χ0n) is 15.2. The highest BCUT2D eigenvalue weighted by Gasteiger charge is 2.23. The number of nitrogens with one attached hydrogen (secondary N) is 1. The van der Waals surface area contributed by atoms with Crippen molar-refractivity contribution in [3.8, 4) is 9.88 Å². The summed E-state index contributed by atoms with van der Waals surface area (Å²) in [5.41, 5.74) is 1.91. The van der Waals surface area contributed by atoms with Crippen LogP contribution in [0, 0.1) is 6.92 Å². The number of carbonyl (C=O) groups is 1. The fourth-order valence-electron chi connectivity index (χ4n) is 3.32. The highest BCUT2D eigenvalue weighted by Crippen LogP contribution is 2.31. The van der Waals surface area contributed by atoms with Gasteiger partial charge in [0.2, 0.25) is 0 Å². The van der Waals surface area contributed by atoms with E-state index >= 15 is 0 Å². The number of thiophene rings is 1. The molecule has 1 fully saturated rings. The van der Waals surface area contributed by atoms with Gasteiger partial charge in [0.15, 0.2) is 0 Å². The van der Waals surface area contributed by atoms with Crippen molar-refractivity contribution in [1.29, 1.82) is 0 Å². The smallest absolute Gasteiger partial charge is 0.263 e. The summed E-state index contributed by atoms with van der Waals surface area (Å²) in [6.45, 7) is 4.74. The third-order valence-electron chi connectivity index (χ3n) is 4.77. The minimum Gasteiger partial charge on any atom is -0.348 e. The molecule has 0 unspecified atom stereocenters. The van der Waals surface area contributed by atoms with Crippen molar-refractivity contribution in [3.63, 3.8) is 0 Å². The number of likely N-dealkylation sites (tertiary alicyclic amines) is 1. The van der Waals surface area contributed by atoms with Crippen LogP contribution in [-0.4, -0.2) is 39.9 Å². The van der Waals surface area contributed by atoms with Crippen LogP contribution in [0.25, 0.3) is 9.88 Å². The highest BCUT2D eigenvalue weighted by molar-refractivity contribution is 7.22. The summed E-state index contributed by atoms with van der Waals surface area (Å²) < 4.78 is 0. The van der Waals surface area contributed by atoms with E-state index in [9.17, 15) is 4.79 Å². The first-order valence-corrected chi connectivity index (χ1v) is 10.8. The highest BCUT2D eigenvalue weighted by atomic mass is 32.1. The second kappa shape index (κ2) is 8.29. The number of thiazole rings is 1. The first-order valence-electron chi connectivity index (χ1n) is 9.13. The van der Waals surface area contributed by atoms with Crippen molar-refractivity contribution in [2.75, 3.05) is 13.1 Å². The Morgan fingerprint density at radius 1 is 1.26 bits per heavy atom. The minimum absolute atomic E-state index is 0.0102. The Kier molecular flexibility index (Phi) is 5.61. The van der Waals surface area contributed by atoms with Crippen LogP contribution in [-0.2, 0) is 6.54 Å². The number of piperidine rings is 1. The van der Waals surface area contributed by atoms with Gasteiger partial charge in [-0.2, -0.15) is 0 Å². The number of nitrogens with zero attached hydrogens (tertiary/aromatic N) is 3. The molecule has 4 heterocycles. The Morgan fingerprint density at radius 2 is 2.11 bits per heavy atom. The van der Waals surface area contributed by atoms with Crippen LogP contribution in [0.1, 0.15) is 33.9 Å². The molecule has 0 saturated carbocycles. The molecular weight excluding hydrogens is 376 g/mol. The Balaban J connectivity index is 1.32. The summed E-state index contributed by atoms with van der Waals surface area (Å²) in [6, 6.07) is 10.3. The van der Waals surface area contributed by atoms with Gasteiger partial charge in [0.25, 0.3) is 5.91 Å². The maximum Gasteiger partial charge on any atom is 0.263 e. The van der Waals surface area contributed by atoms with Crippen LogP contribution in [0.3, 0.4) is 0 Å². The topological polar surface area (TPSA) is 58.1 Å². The number of aromatic nitrogens is 2. The molecule has 0 aromatic carbocycles. The molecule has 1 aliphatic rings. The van der Waals surface area contributed by atoms with Gasteiger partial charge in [-0.15, -0.1) is 22.7 Å². The van der Waals surface area contributed by atoms with Crippen LogP contribution in [0.4, 0.5) is 0 Å². The molecule has 0 spiro atoms. The lowest BCUT2D eigenvalue weighted by molar-refractivity contribution is 0.0912. The van der Waals surface area contributed by atoms with E-state index in [2.05, 4.69) is 26.3 Å². The fourth-order valence-corrected chi connectivity index (χ4v) is 5.09. The van der Waals surface area contributed by atoms with E-state index in [-0.39, 0.29) is 11.9 Å². The normalized spacial score (nSPS) is 15.7. The van der Waals surface area contributed by atoms with E-state index in [1.165, 1.54) is 11.3 Å². The van der Waals surface area contributed by atoms with Gasteiger partial charge in [0, 0.05) is 31.9 Å². The number of aryl methyl sites for hydroxylation is 1. The third kappa shape index (κ3) is 4.43. The molecule has 0 radical (unpaired) electrons. The first-order chi connectivity index (χ1) is 13.2. The monoisotopic (exact) mass is 398 g/mol. The SMILES string of the molecule is Cc1nc(-c2cccs2)sc1C(=O)NC1CCN(Cc2ccccn2)CC1. The molecule has 1 N–H and O–H groups in total. The van der Waals surface area contributed by atoms with Gasteiger partial charge in [-0.1, -0.05) is 12.1 Å². The second-order valence-corrected chi connectivity index (χ2v) is 8.70. The third-order valence-corrected chi connectivity index (χ3v) is 6.96. The lowest BCUT2D eigenvalue weighted by atomic mass is 10.0. The molecule has 1 saturated heterocycles. The number of pyridine rings is 1. The maximum atomic E-state index is 12.7. The number of amides is 1. The zero-order valence-corrected chi connectivity index (χ0v) is 16.9. The van der Waals surface area contributed by atoms with Crippen molar-refractivity contribution in [1.82, 2.24) is 20.2 Å². The maximum absolute atomic E-state index is 12.7. The molecule has 3 aromatic heterocycles.